The molecule has 0 aliphatic rings. The van der Waals surface area contributed by atoms with Gasteiger partial charge in [0.05, 0.1) is 33.6 Å². The maximum atomic E-state index is 12.9. The van der Waals surface area contributed by atoms with Crippen LogP contribution >= 0.6 is 11.3 Å². The van der Waals surface area contributed by atoms with Crippen LogP contribution in [0, 0.1) is 6.92 Å². The van der Waals surface area contributed by atoms with Gasteiger partial charge in [0.1, 0.15) is 0 Å². The lowest BCUT2D eigenvalue weighted by atomic mass is 10.1. The Labute approximate surface area is 148 Å². The Morgan fingerprint density at radius 3 is 2.80 bits per heavy atom. The minimum Gasteiger partial charge on any atom is -0.481 e. The number of carbonyl (C=O) groups excluding carboxylic acids is 1. The molecule has 8 heteroatoms. The highest BCUT2D eigenvalue weighted by atomic mass is 32.1. The quantitative estimate of drug-likeness (QED) is 0.757. The maximum absolute atomic E-state index is 12.9. The Bertz CT molecular complexity index is 947. The Morgan fingerprint density at radius 1 is 1.40 bits per heavy atom. The fourth-order valence-electron chi connectivity index (χ4n) is 2.73. The van der Waals surface area contributed by atoms with Gasteiger partial charge in [-0.05, 0) is 24.4 Å². The molecule has 0 fully saturated rings. The van der Waals surface area contributed by atoms with Crippen molar-refractivity contribution in [3.63, 3.8) is 0 Å². The van der Waals surface area contributed by atoms with Crippen molar-refractivity contribution in [3.05, 3.63) is 34.8 Å². The minimum atomic E-state index is -0.934. The SMILES string of the molecule is Cc1nn(C)c2nc(-c3cccs3)cc(C(=O)N(C)CCC(=O)O)c12. The molecule has 0 aromatic carbocycles. The number of carbonyl (C=O) groups is 2. The third-order valence-electron chi connectivity index (χ3n) is 3.98. The lowest BCUT2D eigenvalue weighted by molar-refractivity contribution is -0.137. The van der Waals surface area contributed by atoms with Crippen LogP contribution in [0.4, 0.5) is 0 Å². The van der Waals surface area contributed by atoms with E-state index in [9.17, 15) is 9.59 Å². The van der Waals surface area contributed by atoms with Crippen LogP contribution in [0.2, 0.25) is 0 Å². The highest BCUT2D eigenvalue weighted by Gasteiger charge is 2.22. The first-order valence-corrected chi connectivity index (χ1v) is 8.62. The van der Waals surface area contributed by atoms with Gasteiger partial charge in [-0.25, -0.2) is 4.98 Å². The number of aryl methyl sites for hydroxylation is 2. The first kappa shape index (κ1) is 17.1. The molecule has 130 valence electrons. The summed E-state index contributed by atoms with van der Waals surface area (Å²) in [5.41, 5.74) is 2.56. The van der Waals surface area contributed by atoms with E-state index in [2.05, 4.69) is 10.1 Å². The van der Waals surface area contributed by atoms with E-state index >= 15 is 0 Å². The Kier molecular flexibility index (Phi) is 4.54. The predicted molar refractivity (Wildman–Crippen MR) is 95.8 cm³/mol. The second-order valence-electron chi connectivity index (χ2n) is 5.81. The average Bonchev–Trinajstić information content (AvgIpc) is 3.20. The molecule has 0 aliphatic carbocycles. The number of carboxylic acids is 1. The normalized spacial score (nSPS) is 11.0. The second kappa shape index (κ2) is 6.64. The van der Waals surface area contributed by atoms with Crippen molar-refractivity contribution in [1.29, 1.82) is 0 Å². The number of rotatable bonds is 5. The number of nitrogens with zero attached hydrogens (tertiary/aromatic N) is 4. The van der Waals surface area contributed by atoms with Crippen molar-refractivity contribution < 1.29 is 14.7 Å². The van der Waals surface area contributed by atoms with Gasteiger partial charge in [0.15, 0.2) is 5.65 Å². The molecule has 7 nitrogen and oxygen atoms in total. The summed E-state index contributed by atoms with van der Waals surface area (Å²) in [5, 5.41) is 15.9. The van der Waals surface area contributed by atoms with E-state index in [-0.39, 0.29) is 18.9 Å². The molecule has 25 heavy (non-hydrogen) atoms. The smallest absolute Gasteiger partial charge is 0.305 e. The van der Waals surface area contributed by atoms with Crippen LogP contribution in [0.3, 0.4) is 0 Å². The van der Waals surface area contributed by atoms with Gasteiger partial charge in [0.2, 0.25) is 0 Å². The first-order chi connectivity index (χ1) is 11.9. The molecule has 0 aliphatic heterocycles. The van der Waals surface area contributed by atoms with Crippen molar-refractivity contribution in [2.75, 3.05) is 13.6 Å². The lowest BCUT2D eigenvalue weighted by Crippen LogP contribution is -2.29. The highest BCUT2D eigenvalue weighted by molar-refractivity contribution is 7.13. The molecule has 0 bridgehead atoms. The fourth-order valence-corrected chi connectivity index (χ4v) is 3.42. The molecule has 0 radical (unpaired) electrons. The largest absolute Gasteiger partial charge is 0.481 e. The summed E-state index contributed by atoms with van der Waals surface area (Å²) in [6, 6.07) is 5.65. The van der Waals surface area contributed by atoms with E-state index in [0.717, 1.165) is 10.6 Å². The van der Waals surface area contributed by atoms with Gasteiger partial charge in [0.25, 0.3) is 5.91 Å². The zero-order chi connectivity index (χ0) is 18.1. The van der Waals surface area contributed by atoms with Crippen LogP contribution in [-0.2, 0) is 11.8 Å². The van der Waals surface area contributed by atoms with Crippen molar-refractivity contribution >= 4 is 34.2 Å². The topological polar surface area (TPSA) is 88.3 Å². The van der Waals surface area contributed by atoms with Gasteiger partial charge in [-0.15, -0.1) is 11.3 Å². The summed E-state index contributed by atoms with van der Waals surface area (Å²) in [6.45, 7) is 1.98. The number of amides is 1. The number of hydrogen-bond acceptors (Lipinski definition) is 5. The van der Waals surface area contributed by atoms with Gasteiger partial charge in [-0.1, -0.05) is 6.07 Å². The number of carboxylic acid groups (broad SMARTS) is 1. The molecule has 0 unspecified atom stereocenters. The van der Waals surface area contributed by atoms with E-state index < -0.39 is 5.97 Å². The van der Waals surface area contributed by atoms with Crippen LogP contribution < -0.4 is 0 Å². The molecular formula is C17H18N4O3S. The summed E-state index contributed by atoms with van der Waals surface area (Å²) in [6.07, 6.45) is -0.0970. The monoisotopic (exact) mass is 358 g/mol. The van der Waals surface area contributed by atoms with Crippen LogP contribution in [0.1, 0.15) is 22.5 Å². The summed E-state index contributed by atoms with van der Waals surface area (Å²) < 4.78 is 1.66. The van der Waals surface area contributed by atoms with Crippen LogP contribution in [0.25, 0.3) is 21.6 Å². The van der Waals surface area contributed by atoms with Crippen LogP contribution in [0.5, 0.6) is 0 Å². The third kappa shape index (κ3) is 3.25. The summed E-state index contributed by atoms with van der Waals surface area (Å²) in [4.78, 5) is 30.8. The average molecular weight is 358 g/mol. The number of fused-ring (bicyclic) bond motifs is 1. The second-order valence-corrected chi connectivity index (χ2v) is 6.76. The van der Waals surface area contributed by atoms with E-state index in [4.69, 9.17) is 5.11 Å². The lowest BCUT2D eigenvalue weighted by Gasteiger charge is -2.17. The zero-order valence-electron chi connectivity index (χ0n) is 14.2. The van der Waals surface area contributed by atoms with Crippen molar-refractivity contribution in [3.8, 4) is 10.6 Å². The molecule has 3 aromatic rings. The van der Waals surface area contributed by atoms with Gasteiger partial charge >= 0.3 is 5.97 Å². The van der Waals surface area contributed by atoms with Crippen LogP contribution in [-0.4, -0.2) is 50.2 Å². The third-order valence-corrected chi connectivity index (χ3v) is 4.87. The highest BCUT2D eigenvalue weighted by Crippen LogP contribution is 2.29. The van der Waals surface area contributed by atoms with E-state index in [1.165, 1.54) is 4.90 Å². The number of pyridine rings is 1. The number of thiophene rings is 1. The predicted octanol–water partition coefficient (Wildman–Crippen LogP) is 2.55. The molecule has 3 heterocycles. The summed E-state index contributed by atoms with van der Waals surface area (Å²) in [7, 11) is 3.40. The number of hydrogen-bond donors (Lipinski definition) is 1. The molecule has 3 rings (SSSR count). The summed E-state index contributed by atoms with van der Waals surface area (Å²) >= 11 is 1.55. The van der Waals surface area contributed by atoms with Gasteiger partial charge in [-0.2, -0.15) is 5.10 Å². The Morgan fingerprint density at radius 2 is 2.16 bits per heavy atom. The molecule has 0 spiro atoms. The van der Waals surface area contributed by atoms with Crippen molar-refractivity contribution in [1.82, 2.24) is 19.7 Å². The Balaban J connectivity index is 2.12. The molecule has 1 amide bonds. The molecule has 1 N–H and O–H groups in total. The van der Waals surface area contributed by atoms with E-state index in [1.54, 1.807) is 36.2 Å². The standard InChI is InChI=1S/C17H18N4O3S/c1-10-15-11(17(24)20(2)7-6-14(22)23)9-12(13-5-4-8-25-13)18-16(15)21(3)19-10/h4-5,8-9H,6-7H2,1-3H3,(H,22,23). The maximum Gasteiger partial charge on any atom is 0.305 e. The first-order valence-electron chi connectivity index (χ1n) is 7.74. The minimum absolute atomic E-state index is 0.0970. The fraction of sp³-hybridized carbons (Fsp3) is 0.294. The molecule has 0 saturated heterocycles. The van der Waals surface area contributed by atoms with E-state index in [0.29, 0.717) is 22.3 Å². The number of aromatic nitrogens is 3. The van der Waals surface area contributed by atoms with Crippen molar-refractivity contribution in [2.24, 2.45) is 7.05 Å². The van der Waals surface area contributed by atoms with Gasteiger partial charge in [-0.3, -0.25) is 14.3 Å². The number of aliphatic carboxylic acids is 1. The summed E-state index contributed by atoms with van der Waals surface area (Å²) in [5.74, 6) is -1.17. The van der Waals surface area contributed by atoms with E-state index in [1.807, 2.05) is 24.4 Å². The molecular weight excluding hydrogens is 340 g/mol. The van der Waals surface area contributed by atoms with Gasteiger partial charge in [0, 0.05) is 20.6 Å². The zero-order valence-corrected chi connectivity index (χ0v) is 15.0. The van der Waals surface area contributed by atoms with Crippen molar-refractivity contribution in [2.45, 2.75) is 13.3 Å². The molecule has 0 saturated carbocycles. The molecule has 3 aromatic heterocycles. The molecule has 0 atom stereocenters. The Hall–Kier alpha value is -2.74. The van der Waals surface area contributed by atoms with Gasteiger partial charge < -0.3 is 10.0 Å². The van der Waals surface area contributed by atoms with Crippen LogP contribution in [0.15, 0.2) is 23.6 Å².